The molecule has 2 saturated heterocycles. The first-order valence-corrected chi connectivity index (χ1v) is 9.37. The topological polar surface area (TPSA) is 74.1 Å². The van der Waals surface area contributed by atoms with Crippen LogP contribution in [0.25, 0.3) is 0 Å². The maximum absolute atomic E-state index is 13.0. The summed E-state index contributed by atoms with van der Waals surface area (Å²) in [6.07, 6.45) is 1.11. The van der Waals surface area contributed by atoms with Gasteiger partial charge in [0, 0.05) is 38.1 Å². The third-order valence-corrected chi connectivity index (χ3v) is 5.40. The number of alkyl halides is 2. The normalized spacial score (nSPS) is 18.4. The average molecular weight is 385 g/mol. The van der Waals surface area contributed by atoms with E-state index in [1.807, 2.05) is 12.1 Å². The van der Waals surface area contributed by atoms with Crippen LogP contribution in [0.1, 0.15) is 36.8 Å². The maximum atomic E-state index is 13.0. The van der Waals surface area contributed by atoms with Crippen molar-refractivity contribution in [1.82, 2.24) is 9.97 Å². The van der Waals surface area contributed by atoms with Crippen LogP contribution < -0.4 is 10.2 Å². The fourth-order valence-corrected chi connectivity index (χ4v) is 3.53. The smallest absolute Gasteiger partial charge is 0.264 e. The van der Waals surface area contributed by atoms with Crippen molar-refractivity contribution < 1.29 is 13.5 Å². The van der Waals surface area contributed by atoms with Crippen molar-refractivity contribution in [3.63, 3.8) is 0 Å². The monoisotopic (exact) mass is 385 g/mol. The summed E-state index contributed by atoms with van der Waals surface area (Å²) in [5.41, 5.74) is 0.146. The summed E-state index contributed by atoms with van der Waals surface area (Å²) in [7, 11) is 0. The zero-order valence-corrected chi connectivity index (χ0v) is 15.4. The molecule has 0 unspecified atom stereocenters. The number of anilines is 3. The number of hydrogen-bond acceptors (Lipinski definition) is 6. The predicted octanol–water partition coefficient (Wildman–Crippen LogP) is 3.94. The molecule has 8 heteroatoms. The van der Waals surface area contributed by atoms with E-state index in [2.05, 4.69) is 26.3 Å². The van der Waals surface area contributed by atoms with Gasteiger partial charge < -0.3 is 15.0 Å². The highest BCUT2D eigenvalue weighted by molar-refractivity contribution is 5.60. The highest BCUT2D eigenvalue weighted by Gasteiger charge is 2.36. The molecule has 1 N–H and O–H groups in total. The molecule has 2 aliphatic rings. The van der Waals surface area contributed by atoms with Crippen LogP contribution in [0.5, 0.6) is 0 Å². The van der Waals surface area contributed by atoms with Gasteiger partial charge >= 0.3 is 0 Å². The van der Waals surface area contributed by atoms with Crippen molar-refractivity contribution in [2.45, 2.75) is 31.1 Å². The van der Waals surface area contributed by atoms with Crippen LogP contribution in [-0.2, 0) is 10.2 Å². The zero-order valence-electron chi connectivity index (χ0n) is 15.4. The van der Waals surface area contributed by atoms with Gasteiger partial charge in [0.1, 0.15) is 17.5 Å². The Balaban J connectivity index is 1.70. The van der Waals surface area contributed by atoms with Gasteiger partial charge in [-0.25, -0.2) is 18.7 Å². The number of nitrogens with one attached hydrogen (secondary N) is 1. The molecule has 0 aliphatic carbocycles. The number of pyridine rings is 2. The van der Waals surface area contributed by atoms with E-state index < -0.39 is 11.8 Å². The Morgan fingerprint density at radius 1 is 1.18 bits per heavy atom. The van der Waals surface area contributed by atoms with Gasteiger partial charge in [-0.2, -0.15) is 5.26 Å². The number of nitrogens with zero attached hydrogens (tertiary/aromatic N) is 4. The molecule has 2 aromatic rings. The molecular formula is C20H21F2N5O. The molecule has 6 nitrogen and oxygen atoms in total. The van der Waals surface area contributed by atoms with E-state index in [0.29, 0.717) is 37.7 Å². The Morgan fingerprint density at radius 3 is 2.61 bits per heavy atom. The Labute approximate surface area is 162 Å². The van der Waals surface area contributed by atoms with Crippen molar-refractivity contribution in [3.05, 3.63) is 41.6 Å². The highest BCUT2D eigenvalue weighted by atomic mass is 19.3. The van der Waals surface area contributed by atoms with Crippen LogP contribution in [0.4, 0.5) is 26.2 Å². The van der Waals surface area contributed by atoms with Gasteiger partial charge in [0.2, 0.25) is 0 Å². The summed E-state index contributed by atoms with van der Waals surface area (Å²) in [5, 5.41) is 13.0. The van der Waals surface area contributed by atoms with Crippen LogP contribution in [0.3, 0.4) is 0 Å². The van der Waals surface area contributed by atoms with Crippen LogP contribution >= 0.6 is 0 Å². The second-order valence-corrected chi connectivity index (χ2v) is 7.15. The number of aromatic nitrogens is 2. The lowest BCUT2D eigenvalue weighted by Gasteiger charge is -2.35. The summed E-state index contributed by atoms with van der Waals surface area (Å²) in [6.45, 7) is 2.90. The van der Waals surface area contributed by atoms with Gasteiger partial charge in [-0.3, -0.25) is 0 Å². The van der Waals surface area contributed by atoms with E-state index in [0.717, 1.165) is 30.9 Å². The minimum absolute atomic E-state index is 0.102. The predicted molar refractivity (Wildman–Crippen MR) is 101 cm³/mol. The van der Waals surface area contributed by atoms with Crippen molar-refractivity contribution in [1.29, 1.82) is 5.26 Å². The lowest BCUT2D eigenvalue weighted by molar-refractivity contribution is 0.0675. The summed E-state index contributed by atoms with van der Waals surface area (Å²) < 4.78 is 31.4. The van der Waals surface area contributed by atoms with E-state index in [9.17, 15) is 14.0 Å². The molecule has 0 amide bonds. The molecule has 0 radical (unpaired) electrons. The minimum Gasteiger partial charge on any atom is -0.381 e. The average Bonchev–Trinajstić information content (AvgIpc) is 2.67. The third kappa shape index (κ3) is 3.62. The summed E-state index contributed by atoms with van der Waals surface area (Å²) in [6, 6.07) is 8.89. The molecule has 2 aliphatic heterocycles. The van der Waals surface area contributed by atoms with Crippen LogP contribution in [-0.4, -0.2) is 36.3 Å². The first kappa shape index (κ1) is 18.6. The van der Waals surface area contributed by atoms with Gasteiger partial charge in [-0.1, -0.05) is 0 Å². The van der Waals surface area contributed by atoms with Crippen molar-refractivity contribution in [2.24, 2.45) is 0 Å². The van der Waals surface area contributed by atoms with Crippen molar-refractivity contribution in [2.75, 3.05) is 36.5 Å². The fraction of sp³-hybridized carbons (Fsp3) is 0.450. The number of ether oxygens (including phenoxy) is 1. The third-order valence-electron chi connectivity index (χ3n) is 5.40. The molecule has 146 valence electrons. The zero-order chi connectivity index (χ0) is 19.6. The molecule has 0 bridgehead atoms. The van der Waals surface area contributed by atoms with E-state index in [1.54, 1.807) is 0 Å². The van der Waals surface area contributed by atoms with Gasteiger partial charge in [0.15, 0.2) is 0 Å². The summed E-state index contributed by atoms with van der Waals surface area (Å²) in [4.78, 5) is 10.9. The molecular weight excluding hydrogens is 364 g/mol. The molecule has 4 heterocycles. The molecule has 2 fully saturated rings. The van der Waals surface area contributed by atoms with Crippen LogP contribution in [0, 0.1) is 11.3 Å². The Hall–Kier alpha value is -2.79. The van der Waals surface area contributed by atoms with Crippen LogP contribution in [0.2, 0.25) is 0 Å². The summed E-state index contributed by atoms with van der Waals surface area (Å²) in [5.74, 6) is 1.59. The van der Waals surface area contributed by atoms with E-state index in [4.69, 9.17) is 4.74 Å². The Bertz CT molecular complexity index is 888. The molecule has 28 heavy (non-hydrogen) atoms. The lowest BCUT2D eigenvalue weighted by Crippen LogP contribution is -2.38. The van der Waals surface area contributed by atoms with Crippen molar-refractivity contribution in [3.8, 4) is 6.07 Å². The number of nitriles is 1. The Kier molecular flexibility index (Phi) is 5.09. The highest BCUT2D eigenvalue weighted by Crippen LogP contribution is 2.37. The molecule has 2 aromatic heterocycles. The standard InChI is InChI=1S/C20H21F2N5O/c21-19(22)14-2-5-24-16(10-14)25-17-11-15(12-18(26-17)27-6-1-7-27)20(13-23)3-8-28-9-4-20/h2,5,10-12,19H,1,3-4,6-9H2,(H,24,25,26). The first-order valence-electron chi connectivity index (χ1n) is 9.37. The summed E-state index contributed by atoms with van der Waals surface area (Å²) >= 11 is 0. The SMILES string of the molecule is N#CC1(c2cc(Nc3cc(C(F)F)ccn3)nc(N3CCC3)c2)CCOCC1. The maximum Gasteiger partial charge on any atom is 0.264 e. The van der Waals surface area contributed by atoms with Gasteiger partial charge in [-0.15, -0.1) is 0 Å². The molecule has 4 rings (SSSR count). The van der Waals surface area contributed by atoms with E-state index in [1.165, 1.54) is 18.3 Å². The second-order valence-electron chi connectivity index (χ2n) is 7.15. The molecule has 0 saturated carbocycles. The van der Waals surface area contributed by atoms with Gasteiger partial charge in [-0.05, 0) is 49.1 Å². The van der Waals surface area contributed by atoms with E-state index >= 15 is 0 Å². The molecule has 0 spiro atoms. The quantitative estimate of drug-likeness (QED) is 0.840. The Morgan fingerprint density at radius 2 is 1.96 bits per heavy atom. The number of halogens is 2. The van der Waals surface area contributed by atoms with E-state index in [-0.39, 0.29) is 5.56 Å². The second kappa shape index (κ2) is 7.68. The fourth-order valence-electron chi connectivity index (χ4n) is 3.53. The minimum atomic E-state index is -2.57. The molecule has 0 aromatic carbocycles. The lowest BCUT2D eigenvalue weighted by atomic mass is 9.75. The van der Waals surface area contributed by atoms with Crippen molar-refractivity contribution >= 4 is 17.5 Å². The van der Waals surface area contributed by atoms with Gasteiger partial charge in [0.05, 0.1) is 11.5 Å². The first-order chi connectivity index (χ1) is 13.6. The largest absolute Gasteiger partial charge is 0.381 e. The van der Waals surface area contributed by atoms with Crippen LogP contribution in [0.15, 0.2) is 30.5 Å². The van der Waals surface area contributed by atoms with Gasteiger partial charge in [0.25, 0.3) is 6.43 Å². The number of rotatable bonds is 5. The number of hydrogen-bond donors (Lipinski definition) is 1. The molecule has 0 atom stereocenters.